The van der Waals surface area contributed by atoms with Crippen LogP contribution in [0.4, 0.5) is 0 Å². The highest BCUT2D eigenvalue weighted by molar-refractivity contribution is 7.89. The molecule has 0 saturated carbocycles. The molecule has 1 aromatic carbocycles. The van der Waals surface area contributed by atoms with Crippen molar-refractivity contribution in [1.82, 2.24) is 14.4 Å². The number of hydrogen-bond donors (Lipinski definition) is 0. The zero-order valence-corrected chi connectivity index (χ0v) is 13.0. The molecule has 0 bridgehead atoms. The molecule has 21 heavy (non-hydrogen) atoms. The standard InChI is InChI=1S/C14H19N3O3S/c1-3-13-15-14(20-16-13)11-17(2)21(18,19)10-9-12-7-5-4-6-8-12/h4-8H,3,9-11H2,1-2H3. The van der Waals surface area contributed by atoms with Crippen molar-refractivity contribution >= 4 is 10.0 Å². The Hall–Kier alpha value is -1.73. The summed E-state index contributed by atoms with van der Waals surface area (Å²) in [5, 5.41) is 3.76. The smallest absolute Gasteiger partial charge is 0.241 e. The van der Waals surface area contributed by atoms with E-state index in [2.05, 4.69) is 10.1 Å². The number of rotatable bonds is 7. The first-order chi connectivity index (χ1) is 10.0. The summed E-state index contributed by atoms with van der Waals surface area (Å²) >= 11 is 0. The molecule has 0 amide bonds. The zero-order valence-electron chi connectivity index (χ0n) is 12.2. The second-order valence-corrected chi connectivity index (χ2v) is 6.96. The second-order valence-electron chi connectivity index (χ2n) is 4.77. The Kier molecular flexibility index (Phi) is 5.08. The maximum atomic E-state index is 12.2. The summed E-state index contributed by atoms with van der Waals surface area (Å²) in [4.78, 5) is 4.12. The van der Waals surface area contributed by atoms with Crippen LogP contribution in [-0.2, 0) is 29.4 Å². The van der Waals surface area contributed by atoms with Gasteiger partial charge in [-0.05, 0) is 12.0 Å². The van der Waals surface area contributed by atoms with E-state index in [0.29, 0.717) is 24.6 Å². The normalized spacial score (nSPS) is 12.0. The molecule has 1 aromatic heterocycles. The topological polar surface area (TPSA) is 76.3 Å². The molecule has 0 fully saturated rings. The Labute approximate surface area is 124 Å². The predicted molar refractivity (Wildman–Crippen MR) is 79.1 cm³/mol. The predicted octanol–water partition coefficient (Wildman–Crippen LogP) is 1.64. The molecule has 7 heteroatoms. The van der Waals surface area contributed by atoms with Crippen molar-refractivity contribution in [2.75, 3.05) is 12.8 Å². The zero-order chi connectivity index (χ0) is 15.3. The molecular formula is C14H19N3O3S. The monoisotopic (exact) mass is 309 g/mol. The first kappa shape index (κ1) is 15.7. The van der Waals surface area contributed by atoms with E-state index in [4.69, 9.17) is 4.52 Å². The van der Waals surface area contributed by atoms with Crippen LogP contribution in [0.25, 0.3) is 0 Å². The van der Waals surface area contributed by atoms with Crippen LogP contribution in [0, 0.1) is 0 Å². The van der Waals surface area contributed by atoms with Crippen molar-refractivity contribution < 1.29 is 12.9 Å². The van der Waals surface area contributed by atoms with Crippen LogP contribution in [0.1, 0.15) is 24.2 Å². The van der Waals surface area contributed by atoms with E-state index in [0.717, 1.165) is 5.56 Å². The number of hydrogen-bond acceptors (Lipinski definition) is 5. The largest absolute Gasteiger partial charge is 0.338 e. The van der Waals surface area contributed by atoms with Crippen LogP contribution < -0.4 is 0 Å². The first-order valence-corrected chi connectivity index (χ1v) is 8.41. The van der Waals surface area contributed by atoms with Gasteiger partial charge in [-0.25, -0.2) is 8.42 Å². The van der Waals surface area contributed by atoms with E-state index in [1.807, 2.05) is 37.3 Å². The summed E-state index contributed by atoms with van der Waals surface area (Å²) in [5.74, 6) is 0.958. The maximum Gasteiger partial charge on any atom is 0.241 e. The summed E-state index contributed by atoms with van der Waals surface area (Å²) in [6, 6.07) is 9.54. The fourth-order valence-electron chi connectivity index (χ4n) is 1.83. The third kappa shape index (κ3) is 4.37. The molecule has 0 aliphatic carbocycles. The molecule has 0 spiro atoms. The molecule has 0 N–H and O–H groups in total. The van der Waals surface area contributed by atoms with Crippen molar-refractivity contribution in [1.29, 1.82) is 0 Å². The molecule has 0 saturated heterocycles. The van der Waals surface area contributed by atoms with Gasteiger partial charge in [0.15, 0.2) is 5.82 Å². The van der Waals surface area contributed by atoms with Crippen molar-refractivity contribution in [3.05, 3.63) is 47.6 Å². The molecule has 6 nitrogen and oxygen atoms in total. The lowest BCUT2D eigenvalue weighted by Gasteiger charge is -2.14. The van der Waals surface area contributed by atoms with Gasteiger partial charge in [-0.1, -0.05) is 42.4 Å². The van der Waals surface area contributed by atoms with Crippen LogP contribution in [0.2, 0.25) is 0 Å². The summed E-state index contributed by atoms with van der Waals surface area (Å²) in [6.45, 7) is 2.01. The van der Waals surface area contributed by atoms with Crippen LogP contribution in [-0.4, -0.2) is 35.7 Å². The van der Waals surface area contributed by atoms with Gasteiger partial charge in [-0.2, -0.15) is 9.29 Å². The number of sulfonamides is 1. The summed E-state index contributed by atoms with van der Waals surface area (Å²) in [5.41, 5.74) is 1.00. The lowest BCUT2D eigenvalue weighted by molar-refractivity contribution is 0.334. The van der Waals surface area contributed by atoms with E-state index < -0.39 is 10.0 Å². The van der Waals surface area contributed by atoms with Crippen molar-refractivity contribution in [3.8, 4) is 0 Å². The van der Waals surface area contributed by atoms with Crippen molar-refractivity contribution in [2.45, 2.75) is 26.3 Å². The fraction of sp³-hybridized carbons (Fsp3) is 0.429. The van der Waals surface area contributed by atoms with Crippen LogP contribution in [0.15, 0.2) is 34.9 Å². The Morgan fingerprint density at radius 1 is 1.24 bits per heavy atom. The molecule has 0 radical (unpaired) electrons. The second kappa shape index (κ2) is 6.82. The molecular weight excluding hydrogens is 290 g/mol. The minimum atomic E-state index is -3.35. The van der Waals surface area contributed by atoms with E-state index in [-0.39, 0.29) is 12.3 Å². The van der Waals surface area contributed by atoms with Gasteiger partial charge in [0.2, 0.25) is 15.9 Å². The Morgan fingerprint density at radius 3 is 2.57 bits per heavy atom. The van der Waals surface area contributed by atoms with Crippen LogP contribution >= 0.6 is 0 Å². The Balaban J connectivity index is 1.95. The van der Waals surface area contributed by atoms with Gasteiger partial charge in [0.1, 0.15) is 0 Å². The van der Waals surface area contributed by atoms with Crippen LogP contribution in [0.5, 0.6) is 0 Å². The average Bonchev–Trinajstić information content (AvgIpc) is 2.94. The first-order valence-electron chi connectivity index (χ1n) is 6.80. The molecule has 2 aromatic rings. The number of benzene rings is 1. The summed E-state index contributed by atoms with van der Waals surface area (Å²) < 4.78 is 30.7. The SMILES string of the molecule is CCc1noc(CN(C)S(=O)(=O)CCc2ccccc2)n1. The van der Waals surface area contributed by atoms with Crippen molar-refractivity contribution in [3.63, 3.8) is 0 Å². The summed E-state index contributed by atoms with van der Waals surface area (Å²) in [7, 11) is -1.82. The lowest BCUT2D eigenvalue weighted by atomic mass is 10.2. The fourth-order valence-corrected chi connectivity index (χ4v) is 2.95. The van der Waals surface area contributed by atoms with Crippen molar-refractivity contribution in [2.24, 2.45) is 0 Å². The highest BCUT2D eigenvalue weighted by Gasteiger charge is 2.20. The van der Waals surface area contributed by atoms with E-state index in [9.17, 15) is 8.42 Å². The highest BCUT2D eigenvalue weighted by Crippen LogP contribution is 2.09. The number of aromatic nitrogens is 2. The molecule has 0 aliphatic heterocycles. The van der Waals surface area contributed by atoms with Gasteiger partial charge < -0.3 is 4.52 Å². The Morgan fingerprint density at radius 2 is 1.95 bits per heavy atom. The number of nitrogens with zero attached hydrogens (tertiary/aromatic N) is 3. The highest BCUT2D eigenvalue weighted by atomic mass is 32.2. The minimum absolute atomic E-state index is 0.0578. The van der Waals surface area contributed by atoms with Gasteiger partial charge in [0.25, 0.3) is 0 Å². The molecule has 0 aliphatic rings. The summed E-state index contributed by atoms with van der Waals surface area (Å²) in [6.07, 6.45) is 1.14. The van der Waals surface area contributed by atoms with Gasteiger partial charge in [-0.3, -0.25) is 0 Å². The van der Waals surface area contributed by atoms with Gasteiger partial charge in [0.05, 0.1) is 12.3 Å². The third-order valence-electron chi connectivity index (χ3n) is 3.15. The Bertz CT molecular complexity index is 668. The maximum absolute atomic E-state index is 12.2. The van der Waals surface area contributed by atoms with E-state index in [1.54, 1.807) is 0 Å². The molecule has 0 atom stereocenters. The van der Waals surface area contributed by atoms with E-state index in [1.165, 1.54) is 11.4 Å². The van der Waals surface area contributed by atoms with E-state index >= 15 is 0 Å². The molecule has 0 unspecified atom stereocenters. The van der Waals surface area contributed by atoms with Gasteiger partial charge >= 0.3 is 0 Å². The minimum Gasteiger partial charge on any atom is -0.338 e. The molecule has 1 heterocycles. The molecule has 114 valence electrons. The molecule has 2 rings (SSSR count). The quantitative estimate of drug-likeness (QED) is 0.777. The van der Waals surface area contributed by atoms with Gasteiger partial charge in [-0.15, -0.1) is 0 Å². The average molecular weight is 309 g/mol. The van der Waals surface area contributed by atoms with Crippen LogP contribution in [0.3, 0.4) is 0 Å². The lowest BCUT2D eigenvalue weighted by Crippen LogP contribution is -2.29. The third-order valence-corrected chi connectivity index (χ3v) is 4.95. The van der Waals surface area contributed by atoms with Gasteiger partial charge in [0, 0.05) is 13.5 Å². The number of aryl methyl sites for hydroxylation is 2.